The first-order chi connectivity index (χ1) is 4.35. The Bertz CT molecular complexity index is 73.3. The molecule has 0 heterocycles. The molecule has 0 saturated carbocycles. The van der Waals surface area contributed by atoms with E-state index in [4.69, 9.17) is 5.73 Å². The van der Waals surface area contributed by atoms with Crippen molar-refractivity contribution < 1.29 is 21.2 Å². The van der Waals surface area contributed by atoms with E-state index in [1.807, 2.05) is 6.08 Å². The molecule has 0 spiro atoms. The van der Waals surface area contributed by atoms with Gasteiger partial charge in [-0.3, -0.25) is 0 Å². The fraction of sp³-hybridized carbons (Fsp3) is 0.714. The minimum absolute atomic E-state index is 0.377. The van der Waals surface area contributed by atoms with Crippen molar-refractivity contribution in [3.63, 3.8) is 0 Å². The van der Waals surface area contributed by atoms with Crippen LogP contribution in [0.3, 0.4) is 0 Å². The molecule has 0 aromatic carbocycles. The fourth-order valence-electron chi connectivity index (χ4n) is 0.678. The number of alkyl halides is 2. The summed E-state index contributed by atoms with van der Waals surface area (Å²) in [5.41, 5.74) is 5.42. The van der Waals surface area contributed by atoms with Gasteiger partial charge in [-0.15, -0.1) is 0 Å². The SMILES string of the molecule is C=CCC(CCN)[I-]C. The van der Waals surface area contributed by atoms with Gasteiger partial charge in [0.15, 0.2) is 0 Å². The van der Waals surface area contributed by atoms with Gasteiger partial charge in [-0.05, 0) is 0 Å². The van der Waals surface area contributed by atoms with E-state index in [9.17, 15) is 0 Å². The van der Waals surface area contributed by atoms with Crippen LogP contribution in [0.5, 0.6) is 0 Å². The minimum atomic E-state index is 0.377. The predicted octanol–water partition coefficient (Wildman–Crippen LogP) is -2.00. The van der Waals surface area contributed by atoms with Gasteiger partial charge in [0.25, 0.3) is 0 Å². The van der Waals surface area contributed by atoms with Crippen LogP contribution in [0, 0.1) is 0 Å². The average Bonchev–Trinajstić information content (AvgIpc) is 1.88. The second-order valence-corrected chi connectivity index (χ2v) is 4.92. The number of rotatable bonds is 5. The first-order valence-corrected chi connectivity index (χ1v) is 6.54. The topological polar surface area (TPSA) is 26.0 Å². The van der Waals surface area contributed by atoms with Crippen LogP contribution in [-0.4, -0.2) is 15.4 Å². The Morgan fingerprint density at radius 1 is 1.78 bits per heavy atom. The van der Waals surface area contributed by atoms with Crippen molar-refractivity contribution in [3.05, 3.63) is 12.7 Å². The van der Waals surface area contributed by atoms with Crippen LogP contribution in [0.2, 0.25) is 0 Å². The van der Waals surface area contributed by atoms with Gasteiger partial charge >= 0.3 is 67.8 Å². The molecule has 56 valence electrons. The second-order valence-electron chi connectivity index (χ2n) is 1.92. The van der Waals surface area contributed by atoms with E-state index in [1.165, 1.54) is 12.8 Å². The number of allylic oxidation sites excluding steroid dienone is 1. The van der Waals surface area contributed by atoms with Crippen LogP contribution in [0.25, 0.3) is 0 Å². The zero-order valence-corrected chi connectivity index (χ0v) is 8.10. The van der Waals surface area contributed by atoms with Crippen molar-refractivity contribution in [1.82, 2.24) is 0 Å². The zero-order valence-electron chi connectivity index (χ0n) is 5.94. The van der Waals surface area contributed by atoms with Gasteiger partial charge in [0.2, 0.25) is 0 Å². The molecule has 1 nitrogen and oxygen atoms in total. The molecule has 0 saturated heterocycles. The van der Waals surface area contributed by atoms with Crippen molar-refractivity contribution in [3.8, 4) is 0 Å². The van der Waals surface area contributed by atoms with Crippen molar-refractivity contribution >= 4 is 0 Å². The van der Waals surface area contributed by atoms with Gasteiger partial charge < -0.3 is 0 Å². The van der Waals surface area contributed by atoms with E-state index in [1.54, 1.807) is 0 Å². The molecule has 0 aromatic heterocycles. The van der Waals surface area contributed by atoms with Gasteiger partial charge in [0, 0.05) is 0 Å². The molecule has 0 fully saturated rings. The van der Waals surface area contributed by atoms with E-state index < -0.39 is 0 Å². The van der Waals surface area contributed by atoms with Gasteiger partial charge in [-0.2, -0.15) is 0 Å². The number of hydrogen-bond donors (Lipinski definition) is 1. The van der Waals surface area contributed by atoms with Crippen molar-refractivity contribution in [1.29, 1.82) is 0 Å². The molecule has 2 heteroatoms. The number of hydrogen-bond acceptors (Lipinski definition) is 1. The third-order valence-electron chi connectivity index (χ3n) is 1.21. The van der Waals surface area contributed by atoms with Crippen LogP contribution in [-0.2, 0) is 0 Å². The third-order valence-corrected chi connectivity index (χ3v) is 4.10. The van der Waals surface area contributed by atoms with Crippen LogP contribution < -0.4 is 26.9 Å². The molecule has 1 atom stereocenters. The van der Waals surface area contributed by atoms with Crippen molar-refractivity contribution in [2.45, 2.75) is 16.8 Å². The summed E-state index contributed by atoms with van der Waals surface area (Å²) in [4.78, 5) is 2.31. The van der Waals surface area contributed by atoms with Crippen LogP contribution in [0.1, 0.15) is 12.8 Å². The van der Waals surface area contributed by atoms with E-state index in [0.717, 1.165) is 10.5 Å². The van der Waals surface area contributed by atoms with Crippen LogP contribution in [0.4, 0.5) is 0 Å². The Balaban J connectivity index is 3.28. The average molecular weight is 240 g/mol. The second kappa shape index (κ2) is 6.55. The molecular formula is C7H15IN-. The van der Waals surface area contributed by atoms with Crippen molar-refractivity contribution in [2.24, 2.45) is 5.73 Å². The monoisotopic (exact) mass is 240 g/mol. The molecule has 0 aliphatic rings. The summed E-state index contributed by atoms with van der Waals surface area (Å²) in [7, 11) is 0. The third kappa shape index (κ3) is 4.90. The quantitative estimate of drug-likeness (QED) is 0.336. The summed E-state index contributed by atoms with van der Waals surface area (Å²) < 4.78 is 0.881. The van der Waals surface area contributed by atoms with Crippen LogP contribution in [0.15, 0.2) is 12.7 Å². The van der Waals surface area contributed by atoms with Gasteiger partial charge in [-0.1, -0.05) is 0 Å². The summed E-state index contributed by atoms with van der Waals surface area (Å²) in [6, 6.07) is 0. The number of nitrogens with two attached hydrogens (primary N) is 1. The molecule has 1 unspecified atom stereocenters. The number of halogens is 1. The summed E-state index contributed by atoms with van der Waals surface area (Å²) in [5.74, 6) is 0. The van der Waals surface area contributed by atoms with E-state index >= 15 is 0 Å². The molecule has 2 N–H and O–H groups in total. The molecule has 0 amide bonds. The summed E-state index contributed by atoms with van der Waals surface area (Å²) in [5, 5.41) is 0. The maximum atomic E-state index is 5.42. The van der Waals surface area contributed by atoms with Crippen LogP contribution >= 0.6 is 0 Å². The molecule has 0 aliphatic heterocycles. The fourth-order valence-corrected chi connectivity index (χ4v) is 2.53. The van der Waals surface area contributed by atoms with Gasteiger partial charge in [0.1, 0.15) is 0 Å². The Morgan fingerprint density at radius 3 is 2.78 bits per heavy atom. The van der Waals surface area contributed by atoms with Gasteiger partial charge in [0.05, 0.1) is 0 Å². The van der Waals surface area contributed by atoms with Gasteiger partial charge in [-0.25, -0.2) is 0 Å². The summed E-state index contributed by atoms with van der Waals surface area (Å²) >= 11 is 0.377. The van der Waals surface area contributed by atoms with Crippen molar-refractivity contribution in [2.75, 3.05) is 11.5 Å². The van der Waals surface area contributed by atoms with E-state index in [2.05, 4.69) is 11.5 Å². The molecular weight excluding hydrogens is 225 g/mol. The Morgan fingerprint density at radius 2 is 2.44 bits per heavy atom. The molecule has 9 heavy (non-hydrogen) atoms. The Labute approximate surface area is 68.0 Å². The summed E-state index contributed by atoms with van der Waals surface area (Å²) in [6.45, 7) is 4.55. The predicted molar refractivity (Wildman–Crippen MR) is 38.2 cm³/mol. The molecule has 0 rings (SSSR count). The molecule has 0 radical (unpaired) electrons. The normalized spacial score (nSPS) is 13.6. The van der Waals surface area contributed by atoms with E-state index in [-0.39, 0.29) is 0 Å². The molecule has 0 aliphatic carbocycles. The molecule has 0 bridgehead atoms. The first-order valence-electron chi connectivity index (χ1n) is 3.14. The Kier molecular flexibility index (Phi) is 6.86. The first kappa shape index (κ1) is 9.43. The zero-order chi connectivity index (χ0) is 7.11. The molecule has 0 aromatic rings. The summed E-state index contributed by atoms with van der Waals surface area (Å²) in [6.07, 6.45) is 4.36. The standard InChI is InChI=1S/C7H15IN/c1-3-4-7(8-2)5-6-9/h3,7H,1,4-6,9H2,2H3/q-1. The Hall–Kier alpha value is 0.430. The van der Waals surface area contributed by atoms with E-state index in [0.29, 0.717) is 21.2 Å². The maximum absolute atomic E-state index is 5.42.